The zero-order valence-corrected chi connectivity index (χ0v) is 11.1. The molecule has 1 rings (SSSR count). The molecule has 1 heterocycles. The highest BCUT2D eigenvalue weighted by atomic mass is 35.5. The molecule has 1 atom stereocenters. The van der Waals surface area contributed by atoms with Crippen LogP contribution in [0.15, 0.2) is 0 Å². The third kappa shape index (κ3) is 3.28. The summed E-state index contributed by atoms with van der Waals surface area (Å²) in [5.41, 5.74) is -0.189. The number of hydrogen-bond acceptors (Lipinski definition) is 2. The summed E-state index contributed by atoms with van der Waals surface area (Å²) >= 11 is 7.82. The Labute approximate surface area is 102 Å². The summed E-state index contributed by atoms with van der Waals surface area (Å²) in [5.74, 6) is 2.99. The number of carbonyl (C=O) groups is 1. The van der Waals surface area contributed by atoms with Gasteiger partial charge in [0.2, 0.25) is 5.91 Å². The van der Waals surface area contributed by atoms with Crippen LogP contribution in [0.4, 0.5) is 0 Å². The molecule has 1 unspecified atom stereocenters. The van der Waals surface area contributed by atoms with Crippen LogP contribution in [0.1, 0.15) is 33.1 Å². The Balaban J connectivity index is 2.53. The number of rotatable bonds is 5. The number of carbonyl (C=O) groups excluding carboxylic acids is 1. The molecule has 0 aromatic heterocycles. The molecular weight excluding hydrogens is 230 g/mol. The Morgan fingerprint density at radius 1 is 1.53 bits per heavy atom. The van der Waals surface area contributed by atoms with Crippen LogP contribution in [-0.2, 0) is 4.79 Å². The predicted octanol–water partition coefficient (Wildman–Crippen LogP) is 2.65. The molecule has 1 aliphatic heterocycles. The maximum absolute atomic E-state index is 12.0. The number of amides is 1. The molecular formula is C11H20ClNOS. The van der Waals surface area contributed by atoms with E-state index in [1.165, 1.54) is 0 Å². The van der Waals surface area contributed by atoms with Gasteiger partial charge in [-0.05, 0) is 25.0 Å². The molecule has 1 saturated heterocycles. The molecule has 88 valence electrons. The van der Waals surface area contributed by atoms with Crippen LogP contribution in [0.5, 0.6) is 0 Å². The predicted molar refractivity (Wildman–Crippen MR) is 67.6 cm³/mol. The molecule has 2 nitrogen and oxygen atoms in total. The van der Waals surface area contributed by atoms with Crippen molar-refractivity contribution in [2.45, 2.75) is 38.6 Å². The molecule has 15 heavy (non-hydrogen) atoms. The minimum absolute atomic E-state index is 0.189. The number of hydrogen-bond donors (Lipinski definition) is 1. The van der Waals surface area contributed by atoms with Crippen LogP contribution < -0.4 is 5.32 Å². The molecule has 1 fully saturated rings. The highest BCUT2D eigenvalue weighted by Gasteiger charge is 2.31. The van der Waals surface area contributed by atoms with Crippen molar-refractivity contribution in [2.75, 3.05) is 17.4 Å². The first-order chi connectivity index (χ1) is 7.17. The van der Waals surface area contributed by atoms with E-state index < -0.39 is 0 Å². The summed E-state index contributed by atoms with van der Waals surface area (Å²) in [4.78, 5) is 12.0. The average molecular weight is 250 g/mol. The van der Waals surface area contributed by atoms with E-state index in [9.17, 15) is 4.79 Å². The second-order valence-corrected chi connectivity index (χ2v) is 5.59. The Bertz CT molecular complexity index is 204. The van der Waals surface area contributed by atoms with Gasteiger partial charge in [-0.3, -0.25) is 4.79 Å². The van der Waals surface area contributed by atoms with Crippen LogP contribution in [0.2, 0.25) is 0 Å². The van der Waals surface area contributed by atoms with E-state index >= 15 is 0 Å². The van der Waals surface area contributed by atoms with Gasteiger partial charge in [0.1, 0.15) is 0 Å². The van der Waals surface area contributed by atoms with Gasteiger partial charge in [-0.2, -0.15) is 11.8 Å². The Kier molecular flexibility index (Phi) is 5.27. The number of thioether (sulfide) groups is 1. The molecule has 0 bridgehead atoms. The molecule has 0 radical (unpaired) electrons. The minimum Gasteiger partial charge on any atom is -0.349 e. The molecule has 0 aliphatic carbocycles. The van der Waals surface area contributed by atoms with Crippen molar-refractivity contribution >= 4 is 29.3 Å². The summed E-state index contributed by atoms with van der Waals surface area (Å²) in [6, 6.07) is 0. The monoisotopic (exact) mass is 249 g/mol. The lowest BCUT2D eigenvalue weighted by atomic mass is 9.94. The Hall–Kier alpha value is 0.110. The van der Waals surface area contributed by atoms with Crippen LogP contribution in [0.25, 0.3) is 0 Å². The lowest BCUT2D eigenvalue weighted by Crippen LogP contribution is -2.51. The van der Waals surface area contributed by atoms with Gasteiger partial charge in [-0.15, -0.1) is 11.6 Å². The largest absolute Gasteiger partial charge is 0.349 e. The summed E-state index contributed by atoms with van der Waals surface area (Å²) in [5, 5.41) is 3.14. The van der Waals surface area contributed by atoms with Crippen molar-refractivity contribution in [1.82, 2.24) is 5.32 Å². The molecule has 1 N–H and O–H groups in total. The standard InChI is InChI=1S/C11H20ClNOS/c1-3-11(4-2,8-12)13-10(14)9-5-6-15-7-9/h9H,3-8H2,1-2H3,(H,13,14). The smallest absolute Gasteiger partial charge is 0.224 e. The fourth-order valence-electron chi connectivity index (χ4n) is 1.75. The van der Waals surface area contributed by atoms with E-state index in [2.05, 4.69) is 19.2 Å². The average Bonchev–Trinajstić information content (AvgIpc) is 2.79. The van der Waals surface area contributed by atoms with Gasteiger partial charge in [-0.1, -0.05) is 13.8 Å². The zero-order valence-electron chi connectivity index (χ0n) is 9.51. The van der Waals surface area contributed by atoms with Crippen LogP contribution in [0, 0.1) is 5.92 Å². The summed E-state index contributed by atoms with van der Waals surface area (Å²) < 4.78 is 0. The SMILES string of the molecule is CCC(CC)(CCl)NC(=O)C1CCSC1. The van der Waals surface area contributed by atoms with Crippen molar-refractivity contribution in [1.29, 1.82) is 0 Å². The molecule has 0 aromatic carbocycles. The molecule has 1 aliphatic rings. The van der Waals surface area contributed by atoms with Crippen molar-refractivity contribution in [3.8, 4) is 0 Å². The second kappa shape index (κ2) is 6.00. The normalized spacial score (nSPS) is 21.7. The summed E-state index contributed by atoms with van der Waals surface area (Å²) in [7, 11) is 0. The van der Waals surface area contributed by atoms with Gasteiger partial charge < -0.3 is 5.32 Å². The van der Waals surface area contributed by atoms with Crippen molar-refractivity contribution in [2.24, 2.45) is 5.92 Å². The first kappa shape index (κ1) is 13.2. The fourth-order valence-corrected chi connectivity index (χ4v) is 3.42. The second-order valence-electron chi connectivity index (χ2n) is 4.17. The third-order valence-corrected chi connectivity index (χ3v) is 4.97. The Morgan fingerprint density at radius 3 is 2.60 bits per heavy atom. The zero-order chi connectivity index (χ0) is 11.3. The number of alkyl halides is 1. The van der Waals surface area contributed by atoms with E-state index in [1.54, 1.807) is 0 Å². The third-order valence-electron chi connectivity index (χ3n) is 3.30. The lowest BCUT2D eigenvalue weighted by molar-refractivity contribution is -0.126. The molecule has 0 aromatic rings. The van der Waals surface area contributed by atoms with E-state index in [1.807, 2.05) is 11.8 Å². The van der Waals surface area contributed by atoms with Crippen molar-refractivity contribution in [3.05, 3.63) is 0 Å². The maximum Gasteiger partial charge on any atom is 0.224 e. The summed E-state index contributed by atoms with van der Waals surface area (Å²) in [6.45, 7) is 4.16. The van der Waals surface area contributed by atoms with Crippen LogP contribution >= 0.6 is 23.4 Å². The fraction of sp³-hybridized carbons (Fsp3) is 0.909. The van der Waals surface area contributed by atoms with Crippen LogP contribution in [0.3, 0.4) is 0 Å². The van der Waals surface area contributed by atoms with Crippen LogP contribution in [-0.4, -0.2) is 28.8 Å². The number of nitrogens with one attached hydrogen (secondary N) is 1. The van der Waals surface area contributed by atoms with Gasteiger partial charge in [0, 0.05) is 17.6 Å². The first-order valence-corrected chi connectivity index (χ1v) is 7.32. The molecule has 1 amide bonds. The summed E-state index contributed by atoms with van der Waals surface area (Å²) in [6.07, 6.45) is 2.82. The van der Waals surface area contributed by atoms with Gasteiger partial charge >= 0.3 is 0 Å². The molecule has 0 spiro atoms. The van der Waals surface area contributed by atoms with E-state index in [0.29, 0.717) is 5.88 Å². The Morgan fingerprint density at radius 2 is 2.20 bits per heavy atom. The lowest BCUT2D eigenvalue weighted by Gasteiger charge is -2.31. The van der Waals surface area contributed by atoms with E-state index in [0.717, 1.165) is 30.8 Å². The van der Waals surface area contributed by atoms with Gasteiger partial charge in [-0.25, -0.2) is 0 Å². The maximum atomic E-state index is 12.0. The number of halogens is 1. The molecule has 0 saturated carbocycles. The van der Waals surface area contributed by atoms with Crippen molar-refractivity contribution in [3.63, 3.8) is 0 Å². The topological polar surface area (TPSA) is 29.1 Å². The van der Waals surface area contributed by atoms with Gasteiger partial charge in [0.05, 0.1) is 5.54 Å². The molecule has 4 heteroatoms. The van der Waals surface area contributed by atoms with Gasteiger partial charge in [0.15, 0.2) is 0 Å². The first-order valence-electron chi connectivity index (χ1n) is 5.63. The van der Waals surface area contributed by atoms with E-state index in [-0.39, 0.29) is 17.4 Å². The minimum atomic E-state index is -0.189. The highest BCUT2D eigenvalue weighted by molar-refractivity contribution is 7.99. The van der Waals surface area contributed by atoms with E-state index in [4.69, 9.17) is 11.6 Å². The van der Waals surface area contributed by atoms with Crippen molar-refractivity contribution < 1.29 is 4.79 Å². The highest BCUT2D eigenvalue weighted by Crippen LogP contribution is 2.25. The van der Waals surface area contributed by atoms with Gasteiger partial charge in [0.25, 0.3) is 0 Å². The quantitative estimate of drug-likeness (QED) is 0.759.